The van der Waals surface area contributed by atoms with Gasteiger partial charge in [-0.15, -0.1) is 0 Å². The topological polar surface area (TPSA) is 57.6 Å². The molecule has 94 valence electrons. The lowest BCUT2D eigenvalue weighted by atomic mass is 10.2. The summed E-state index contributed by atoms with van der Waals surface area (Å²) >= 11 is 9.84. The second-order valence-electron chi connectivity index (χ2n) is 3.57. The fraction of sp³-hybridized carbons (Fsp3) is 0.0909. The predicted octanol–water partition coefficient (Wildman–Crippen LogP) is 3.47. The fourth-order valence-electron chi connectivity index (χ4n) is 1.37. The molecule has 0 radical (unpaired) electrons. The first-order valence-corrected chi connectivity index (χ1v) is 6.78. The molecule has 2 amide bonds. The van der Waals surface area contributed by atoms with Crippen molar-refractivity contribution in [3.05, 3.63) is 32.1 Å². The summed E-state index contributed by atoms with van der Waals surface area (Å²) in [6, 6.07) is 3.14. The lowest BCUT2D eigenvalue weighted by molar-refractivity contribution is -0.121. The first-order valence-electron chi connectivity index (χ1n) is 4.79. The Labute approximate surface area is 121 Å². The van der Waals surface area contributed by atoms with E-state index in [2.05, 4.69) is 15.9 Å². The molecule has 7 heteroatoms. The highest BCUT2D eigenvalue weighted by Crippen LogP contribution is 2.36. The highest BCUT2D eigenvalue weighted by molar-refractivity contribution is 9.10. The molecule has 0 aliphatic carbocycles. The summed E-state index contributed by atoms with van der Waals surface area (Å²) in [6.07, 6.45) is 1.56. The summed E-state index contributed by atoms with van der Waals surface area (Å²) < 4.78 is 0.428. The number of hydrogen-bond donors (Lipinski definition) is 1. The molecule has 0 unspecified atom stereocenters. The molecule has 1 saturated heterocycles. The smallest absolute Gasteiger partial charge is 0.293 e. The van der Waals surface area contributed by atoms with Crippen LogP contribution in [0.1, 0.15) is 5.56 Å². The van der Waals surface area contributed by atoms with E-state index in [-0.39, 0.29) is 21.9 Å². The standard InChI is InChI=1S/C11H7BrClNO3S/c1-14-10(16)8(18-11(14)17)4-5-2-6(12)9(15)7(13)3-5/h2-4,15H,1H3/b8-4+. The largest absolute Gasteiger partial charge is 0.505 e. The van der Waals surface area contributed by atoms with Crippen molar-refractivity contribution in [2.75, 3.05) is 7.05 Å². The number of halogens is 2. The Balaban J connectivity index is 2.40. The molecule has 0 saturated carbocycles. The zero-order valence-electron chi connectivity index (χ0n) is 9.11. The van der Waals surface area contributed by atoms with Crippen LogP contribution in [0.2, 0.25) is 5.02 Å². The summed E-state index contributed by atoms with van der Waals surface area (Å²) in [6.45, 7) is 0. The molecule has 4 nitrogen and oxygen atoms in total. The molecule has 0 aromatic heterocycles. The van der Waals surface area contributed by atoms with Crippen LogP contribution in [-0.2, 0) is 4.79 Å². The van der Waals surface area contributed by atoms with Crippen LogP contribution in [0.4, 0.5) is 4.79 Å². The lowest BCUT2D eigenvalue weighted by Gasteiger charge is -2.03. The van der Waals surface area contributed by atoms with E-state index in [1.807, 2.05) is 0 Å². The zero-order valence-corrected chi connectivity index (χ0v) is 12.3. The number of amides is 2. The summed E-state index contributed by atoms with van der Waals surface area (Å²) in [5, 5.41) is 9.36. The van der Waals surface area contributed by atoms with Crippen LogP contribution in [0.3, 0.4) is 0 Å². The predicted molar refractivity (Wildman–Crippen MR) is 74.6 cm³/mol. The van der Waals surface area contributed by atoms with Gasteiger partial charge in [0.15, 0.2) is 0 Å². The van der Waals surface area contributed by atoms with Gasteiger partial charge in [-0.1, -0.05) is 11.6 Å². The summed E-state index contributed by atoms with van der Waals surface area (Å²) in [5.74, 6) is -0.400. The summed E-state index contributed by atoms with van der Waals surface area (Å²) in [5.41, 5.74) is 0.628. The van der Waals surface area contributed by atoms with Crippen LogP contribution in [0.5, 0.6) is 5.75 Å². The SMILES string of the molecule is CN1C(=O)S/C(=C/c2cc(Cl)c(O)c(Br)c2)C1=O. The Morgan fingerprint density at radius 3 is 2.61 bits per heavy atom. The highest BCUT2D eigenvalue weighted by atomic mass is 79.9. The molecule has 18 heavy (non-hydrogen) atoms. The van der Waals surface area contributed by atoms with Crippen molar-refractivity contribution in [1.29, 1.82) is 0 Å². The van der Waals surface area contributed by atoms with Gasteiger partial charge >= 0.3 is 0 Å². The number of benzene rings is 1. The van der Waals surface area contributed by atoms with Crippen molar-refractivity contribution in [1.82, 2.24) is 4.90 Å². The van der Waals surface area contributed by atoms with Gasteiger partial charge < -0.3 is 5.11 Å². The summed E-state index contributed by atoms with van der Waals surface area (Å²) in [4.78, 5) is 24.4. The number of aromatic hydroxyl groups is 1. The third-order valence-electron chi connectivity index (χ3n) is 2.32. The molecule has 1 aliphatic heterocycles. The van der Waals surface area contributed by atoms with Crippen LogP contribution < -0.4 is 0 Å². The van der Waals surface area contributed by atoms with Crippen molar-refractivity contribution < 1.29 is 14.7 Å². The molecule has 1 aromatic rings. The van der Waals surface area contributed by atoms with Gasteiger partial charge in [-0.3, -0.25) is 14.5 Å². The Kier molecular flexibility index (Phi) is 3.70. The molecule has 1 N–H and O–H groups in total. The van der Waals surface area contributed by atoms with Gasteiger partial charge in [0.05, 0.1) is 14.4 Å². The third kappa shape index (κ3) is 2.41. The number of carbonyl (C=O) groups excluding carboxylic acids is 2. The van der Waals surface area contributed by atoms with Crippen LogP contribution >= 0.6 is 39.3 Å². The van der Waals surface area contributed by atoms with Gasteiger partial charge in [-0.2, -0.15) is 0 Å². The molecule has 1 aliphatic rings. The first kappa shape index (κ1) is 13.5. The minimum absolute atomic E-state index is 0.0580. The number of rotatable bonds is 1. The number of carbonyl (C=O) groups is 2. The molecule has 0 bridgehead atoms. The monoisotopic (exact) mass is 347 g/mol. The molecule has 1 fully saturated rings. The van der Waals surface area contributed by atoms with E-state index in [1.54, 1.807) is 12.1 Å². The minimum Gasteiger partial charge on any atom is -0.505 e. The maximum atomic E-state index is 11.7. The Bertz CT molecular complexity index is 565. The number of hydrogen-bond acceptors (Lipinski definition) is 4. The molecule has 1 heterocycles. The van der Waals surface area contributed by atoms with Crippen LogP contribution in [0, 0.1) is 0 Å². The number of likely N-dealkylation sites (N-methyl/N-ethyl adjacent to an activating group) is 1. The molecule has 1 aromatic carbocycles. The molecule has 0 atom stereocenters. The average Bonchev–Trinajstić information content (AvgIpc) is 2.54. The maximum absolute atomic E-state index is 11.7. The maximum Gasteiger partial charge on any atom is 0.293 e. The first-order chi connectivity index (χ1) is 8.40. The normalized spacial score (nSPS) is 17.9. The average molecular weight is 349 g/mol. The molecule has 2 rings (SSSR count). The van der Waals surface area contributed by atoms with Crippen LogP contribution in [0.25, 0.3) is 6.08 Å². The van der Waals surface area contributed by atoms with Gasteiger partial charge in [0.25, 0.3) is 11.1 Å². The van der Waals surface area contributed by atoms with Gasteiger partial charge in [0.2, 0.25) is 0 Å². The third-order valence-corrected chi connectivity index (χ3v) is 4.18. The van der Waals surface area contributed by atoms with E-state index in [9.17, 15) is 14.7 Å². The molecule has 0 spiro atoms. The van der Waals surface area contributed by atoms with Crippen molar-refractivity contribution in [2.24, 2.45) is 0 Å². The van der Waals surface area contributed by atoms with Crippen molar-refractivity contribution in [3.8, 4) is 5.75 Å². The van der Waals surface area contributed by atoms with Gasteiger partial charge in [-0.05, 0) is 51.5 Å². The quantitative estimate of drug-likeness (QED) is 0.790. The molecular formula is C11H7BrClNO3S. The number of nitrogens with zero attached hydrogens (tertiary/aromatic N) is 1. The van der Waals surface area contributed by atoms with E-state index in [4.69, 9.17) is 11.6 Å². The van der Waals surface area contributed by atoms with Crippen molar-refractivity contribution in [2.45, 2.75) is 0 Å². The lowest BCUT2D eigenvalue weighted by Crippen LogP contribution is -2.22. The van der Waals surface area contributed by atoms with E-state index in [0.717, 1.165) is 16.7 Å². The highest BCUT2D eigenvalue weighted by Gasteiger charge is 2.31. The Hall–Kier alpha value is -0.980. The van der Waals surface area contributed by atoms with Crippen LogP contribution in [-0.4, -0.2) is 28.2 Å². The number of phenolic OH excluding ortho intramolecular Hbond substituents is 1. The second-order valence-corrected chi connectivity index (χ2v) is 5.83. The fourth-order valence-corrected chi connectivity index (χ4v) is 3.01. The van der Waals surface area contributed by atoms with Gasteiger partial charge in [-0.25, -0.2) is 0 Å². The number of phenols is 1. The van der Waals surface area contributed by atoms with Gasteiger partial charge in [0.1, 0.15) is 5.75 Å². The van der Waals surface area contributed by atoms with Crippen molar-refractivity contribution in [3.63, 3.8) is 0 Å². The van der Waals surface area contributed by atoms with E-state index >= 15 is 0 Å². The minimum atomic E-state index is -0.342. The summed E-state index contributed by atoms with van der Waals surface area (Å²) in [7, 11) is 1.43. The van der Waals surface area contributed by atoms with Gasteiger partial charge in [0, 0.05) is 7.05 Å². The zero-order chi connectivity index (χ0) is 13.4. The second kappa shape index (κ2) is 4.95. The van der Waals surface area contributed by atoms with E-state index < -0.39 is 0 Å². The molecular weight excluding hydrogens is 342 g/mol. The van der Waals surface area contributed by atoms with Crippen molar-refractivity contribution >= 4 is 56.5 Å². The van der Waals surface area contributed by atoms with E-state index in [1.165, 1.54) is 13.1 Å². The Morgan fingerprint density at radius 2 is 2.11 bits per heavy atom. The Morgan fingerprint density at radius 1 is 1.44 bits per heavy atom. The number of thioether (sulfide) groups is 1. The number of imide groups is 1. The van der Waals surface area contributed by atoms with E-state index in [0.29, 0.717) is 14.9 Å². The van der Waals surface area contributed by atoms with Crippen LogP contribution in [0.15, 0.2) is 21.5 Å².